The average molecular weight is 454 g/mol. The fourth-order valence-corrected chi connectivity index (χ4v) is 3.14. The summed E-state index contributed by atoms with van der Waals surface area (Å²) >= 11 is 0. The standard InChI is InChI=1S/C25H25F3N4O/c1-18(25(26,27)28)16-23(21-8-5-14-30-17-21)32(29)22-11-9-20(10-12-22)24(33)31-15-13-19-6-3-2-4-7-19/h2-12,14,16-18H,13,15,29H2,1H3,(H,31,33)/b23-16-. The van der Waals surface area contributed by atoms with Crippen LogP contribution in [0.5, 0.6) is 0 Å². The van der Waals surface area contributed by atoms with Gasteiger partial charge in [0.05, 0.1) is 17.3 Å². The quantitative estimate of drug-likeness (QED) is 0.372. The Bertz CT molecular complexity index is 1070. The van der Waals surface area contributed by atoms with Crippen molar-refractivity contribution in [3.8, 4) is 0 Å². The van der Waals surface area contributed by atoms with Gasteiger partial charge in [0.2, 0.25) is 0 Å². The number of anilines is 1. The van der Waals surface area contributed by atoms with Crippen molar-refractivity contribution in [3.63, 3.8) is 0 Å². The summed E-state index contributed by atoms with van der Waals surface area (Å²) in [4.78, 5) is 16.4. The minimum absolute atomic E-state index is 0.160. The van der Waals surface area contributed by atoms with Crippen LogP contribution in [0.15, 0.2) is 85.2 Å². The summed E-state index contributed by atoms with van der Waals surface area (Å²) in [5, 5.41) is 4.02. The number of amides is 1. The smallest absolute Gasteiger partial charge is 0.352 e. The van der Waals surface area contributed by atoms with Crippen LogP contribution in [-0.2, 0) is 6.42 Å². The highest BCUT2D eigenvalue weighted by Gasteiger charge is 2.35. The molecule has 0 fully saturated rings. The maximum Gasteiger partial charge on any atom is 0.394 e. The van der Waals surface area contributed by atoms with Gasteiger partial charge in [-0.2, -0.15) is 13.2 Å². The number of nitrogens with zero attached hydrogens (tertiary/aromatic N) is 2. The van der Waals surface area contributed by atoms with Gasteiger partial charge in [-0.3, -0.25) is 14.8 Å². The van der Waals surface area contributed by atoms with Gasteiger partial charge in [-0.15, -0.1) is 0 Å². The molecule has 3 rings (SSSR count). The van der Waals surface area contributed by atoms with Crippen LogP contribution in [0.4, 0.5) is 18.9 Å². The molecule has 0 aliphatic heterocycles. The van der Waals surface area contributed by atoms with Crippen molar-refractivity contribution in [1.29, 1.82) is 0 Å². The van der Waals surface area contributed by atoms with Crippen molar-refractivity contribution in [3.05, 3.63) is 102 Å². The van der Waals surface area contributed by atoms with E-state index in [1.165, 1.54) is 12.4 Å². The number of benzene rings is 2. The van der Waals surface area contributed by atoms with Crippen LogP contribution in [0.25, 0.3) is 5.70 Å². The Balaban J connectivity index is 1.73. The van der Waals surface area contributed by atoms with Gasteiger partial charge in [-0.05, 0) is 54.5 Å². The largest absolute Gasteiger partial charge is 0.394 e. The van der Waals surface area contributed by atoms with E-state index < -0.39 is 12.1 Å². The number of nitrogens with two attached hydrogens (primary N) is 1. The number of halogens is 3. The molecule has 3 aromatic rings. The van der Waals surface area contributed by atoms with Gasteiger partial charge in [-0.1, -0.05) is 37.3 Å². The molecule has 5 nitrogen and oxygen atoms in total. The van der Waals surface area contributed by atoms with E-state index in [0.29, 0.717) is 29.8 Å². The zero-order valence-corrected chi connectivity index (χ0v) is 18.1. The van der Waals surface area contributed by atoms with Crippen molar-refractivity contribution >= 4 is 17.3 Å². The fourth-order valence-electron chi connectivity index (χ4n) is 3.14. The Hall–Kier alpha value is -3.65. The van der Waals surface area contributed by atoms with Crippen molar-refractivity contribution in [2.75, 3.05) is 11.6 Å². The van der Waals surface area contributed by atoms with Gasteiger partial charge in [0.25, 0.3) is 5.91 Å². The number of aromatic nitrogens is 1. The van der Waals surface area contributed by atoms with E-state index in [0.717, 1.165) is 23.6 Å². The van der Waals surface area contributed by atoms with Crippen LogP contribution in [-0.4, -0.2) is 23.6 Å². The first-order valence-corrected chi connectivity index (χ1v) is 10.4. The topological polar surface area (TPSA) is 71.2 Å². The van der Waals surface area contributed by atoms with Crippen molar-refractivity contribution in [2.24, 2.45) is 11.8 Å². The SMILES string of the molecule is CC(/C=C(/c1cccnc1)N(N)c1ccc(C(=O)NCCc2ccccc2)cc1)C(F)(F)F. The molecule has 1 unspecified atom stereocenters. The first-order valence-electron chi connectivity index (χ1n) is 10.4. The molecule has 172 valence electrons. The molecule has 1 aromatic heterocycles. The van der Waals surface area contributed by atoms with Crippen LogP contribution >= 0.6 is 0 Å². The third-order valence-electron chi connectivity index (χ3n) is 5.09. The normalized spacial score (nSPS) is 12.8. The second-order valence-electron chi connectivity index (χ2n) is 7.53. The minimum atomic E-state index is -4.41. The summed E-state index contributed by atoms with van der Waals surface area (Å²) in [5.41, 5.74) is 2.58. The lowest BCUT2D eigenvalue weighted by Gasteiger charge is -2.24. The zero-order chi connectivity index (χ0) is 23.8. The second kappa shape index (κ2) is 10.8. The Morgan fingerprint density at radius 1 is 1.06 bits per heavy atom. The van der Waals surface area contributed by atoms with E-state index in [9.17, 15) is 18.0 Å². The number of carbonyl (C=O) groups excluding carboxylic acids is 1. The van der Waals surface area contributed by atoms with Crippen molar-refractivity contribution in [1.82, 2.24) is 10.3 Å². The third-order valence-corrected chi connectivity index (χ3v) is 5.09. The molecule has 0 radical (unpaired) electrons. The van der Waals surface area contributed by atoms with Gasteiger partial charge in [-0.25, -0.2) is 5.84 Å². The monoisotopic (exact) mass is 454 g/mol. The molecule has 0 saturated carbocycles. The lowest BCUT2D eigenvalue weighted by Crippen LogP contribution is -2.31. The summed E-state index contributed by atoms with van der Waals surface area (Å²) in [5.74, 6) is 4.25. The lowest BCUT2D eigenvalue weighted by atomic mass is 10.1. The molecule has 0 aliphatic carbocycles. The first kappa shape index (κ1) is 24.0. The highest BCUT2D eigenvalue weighted by Crippen LogP contribution is 2.31. The number of carbonyl (C=O) groups is 1. The van der Waals surface area contributed by atoms with E-state index in [1.807, 2.05) is 30.3 Å². The molecular formula is C25H25F3N4O. The second-order valence-corrected chi connectivity index (χ2v) is 7.53. The molecule has 0 aliphatic rings. The molecule has 33 heavy (non-hydrogen) atoms. The summed E-state index contributed by atoms with van der Waals surface area (Å²) in [6.07, 6.45) is 0.332. The van der Waals surface area contributed by atoms with Gasteiger partial charge in [0.15, 0.2) is 0 Å². The predicted octanol–water partition coefficient (Wildman–Crippen LogP) is 4.97. The molecule has 0 saturated heterocycles. The number of hydrazine groups is 1. The van der Waals surface area contributed by atoms with Crippen LogP contribution in [0.3, 0.4) is 0 Å². The molecule has 8 heteroatoms. The van der Waals surface area contributed by atoms with E-state index in [4.69, 9.17) is 5.84 Å². The number of rotatable bonds is 8. The molecule has 1 atom stereocenters. The van der Waals surface area contributed by atoms with E-state index in [-0.39, 0.29) is 11.6 Å². The third kappa shape index (κ3) is 6.66. The molecule has 2 aromatic carbocycles. The molecule has 1 amide bonds. The molecule has 1 heterocycles. The maximum absolute atomic E-state index is 13.2. The van der Waals surface area contributed by atoms with E-state index >= 15 is 0 Å². The fraction of sp³-hybridized carbons (Fsp3) is 0.200. The maximum atomic E-state index is 13.2. The predicted molar refractivity (Wildman–Crippen MR) is 123 cm³/mol. The lowest BCUT2D eigenvalue weighted by molar-refractivity contribution is -0.156. The Kier molecular flexibility index (Phi) is 7.84. The highest BCUT2D eigenvalue weighted by molar-refractivity contribution is 5.94. The first-order chi connectivity index (χ1) is 15.8. The van der Waals surface area contributed by atoms with Gasteiger partial charge in [0, 0.05) is 30.1 Å². The number of hydrogen-bond donors (Lipinski definition) is 2. The van der Waals surface area contributed by atoms with Crippen LogP contribution in [0.1, 0.15) is 28.4 Å². The molecule has 0 spiro atoms. The van der Waals surface area contributed by atoms with Gasteiger partial charge in [0.1, 0.15) is 0 Å². The summed E-state index contributed by atoms with van der Waals surface area (Å²) in [6.45, 7) is 1.55. The van der Waals surface area contributed by atoms with E-state index in [1.54, 1.807) is 36.4 Å². The molecular weight excluding hydrogens is 429 g/mol. The van der Waals surface area contributed by atoms with Crippen LogP contribution < -0.4 is 16.2 Å². The Morgan fingerprint density at radius 3 is 2.36 bits per heavy atom. The van der Waals surface area contributed by atoms with Crippen molar-refractivity contribution < 1.29 is 18.0 Å². The number of alkyl halides is 3. The summed E-state index contributed by atoms with van der Waals surface area (Å²) < 4.78 is 39.5. The highest BCUT2D eigenvalue weighted by atomic mass is 19.4. The van der Waals surface area contributed by atoms with Crippen LogP contribution in [0, 0.1) is 5.92 Å². The number of nitrogens with one attached hydrogen (secondary N) is 1. The molecule has 0 bridgehead atoms. The summed E-state index contributed by atoms with van der Waals surface area (Å²) in [7, 11) is 0. The van der Waals surface area contributed by atoms with Crippen LogP contribution in [0.2, 0.25) is 0 Å². The molecule has 3 N–H and O–H groups in total. The summed E-state index contributed by atoms with van der Waals surface area (Å²) in [6, 6.07) is 19.4. The zero-order valence-electron chi connectivity index (χ0n) is 18.1. The minimum Gasteiger partial charge on any atom is -0.352 e. The average Bonchev–Trinajstić information content (AvgIpc) is 2.82. The Morgan fingerprint density at radius 2 is 1.76 bits per heavy atom. The number of hydrogen-bond acceptors (Lipinski definition) is 4. The van der Waals surface area contributed by atoms with Gasteiger partial charge < -0.3 is 5.32 Å². The van der Waals surface area contributed by atoms with Gasteiger partial charge >= 0.3 is 6.18 Å². The number of pyridine rings is 1. The Labute approximate surface area is 190 Å². The van der Waals surface area contributed by atoms with Crippen molar-refractivity contribution in [2.45, 2.75) is 19.5 Å². The van der Waals surface area contributed by atoms with E-state index in [2.05, 4.69) is 10.3 Å². The number of allylic oxidation sites excluding steroid dienone is 1.